The van der Waals surface area contributed by atoms with Gasteiger partial charge in [-0.25, -0.2) is 4.39 Å². The van der Waals surface area contributed by atoms with E-state index in [9.17, 15) is 17.6 Å². The molecule has 32 heavy (non-hydrogen) atoms. The molecule has 8 heteroatoms. The van der Waals surface area contributed by atoms with Crippen molar-refractivity contribution in [2.24, 2.45) is 0 Å². The minimum Gasteiger partial charge on any atom is -0.361 e. The fourth-order valence-corrected chi connectivity index (χ4v) is 4.88. The Morgan fingerprint density at radius 1 is 0.719 bits per heavy atom. The molecule has 0 bridgehead atoms. The molecule has 162 valence electrons. The number of H-pyrrole nitrogens is 2. The second kappa shape index (κ2) is 7.57. The van der Waals surface area contributed by atoms with Gasteiger partial charge in [0.2, 0.25) is 0 Å². The first-order valence-electron chi connectivity index (χ1n) is 9.63. The molecular weight excluding hydrogens is 463 g/mol. The predicted octanol–water partition coefficient (Wildman–Crippen LogP) is 8.29. The van der Waals surface area contributed by atoms with E-state index < -0.39 is 23.5 Å². The largest absolute Gasteiger partial charge is 0.416 e. The highest BCUT2D eigenvalue weighted by molar-refractivity contribution is 6.36. The molecule has 2 heterocycles. The predicted molar refractivity (Wildman–Crippen MR) is 119 cm³/mol. The Morgan fingerprint density at radius 3 is 1.75 bits per heavy atom. The van der Waals surface area contributed by atoms with Crippen molar-refractivity contribution in [3.05, 3.63) is 105 Å². The monoisotopic (exact) mass is 476 g/mol. The van der Waals surface area contributed by atoms with Crippen molar-refractivity contribution in [2.75, 3.05) is 0 Å². The maximum atomic E-state index is 14.0. The molecule has 0 unspecified atom stereocenters. The average molecular weight is 477 g/mol. The summed E-state index contributed by atoms with van der Waals surface area (Å²) in [6, 6.07) is 13.2. The van der Waals surface area contributed by atoms with Gasteiger partial charge in [0.05, 0.1) is 15.6 Å². The van der Waals surface area contributed by atoms with Gasteiger partial charge in [0.25, 0.3) is 0 Å². The third kappa shape index (κ3) is 3.34. The van der Waals surface area contributed by atoms with Crippen LogP contribution in [0.3, 0.4) is 0 Å². The van der Waals surface area contributed by atoms with Gasteiger partial charge in [-0.15, -0.1) is 0 Å². The summed E-state index contributed by atoms with van der Waals surface area (Å²) in [6.45, 7) is 0. The topological polar surface area (TPSA) is 31.6 Å². The van der Waals surface area contributed by atoms with Gasteiger partial charge in [0.1, 0.15) is 5.82 Å². The molecular formula is C24H14Cl2F4N2. The zero-order valence-electron chi connectivity index (χ0n) is 16.2. The lowest BCUT2D eigenvalue weighted by Gasteiger charge is -2.22. The maximum Gasteiger partial charge on any atom is 0.416 e. The van der Waals surface area contributed by atoms with Crippen LogP contribution in [-0.2, 0) is 6.18 Å². The summed E-state index contributed by atoms with van der Waals surface area (Å²) in [5, 5.41) is 1.98. The summed E-state index contributed by atoms with van der Waals surface area (Å²) in [5.74, 6) is -1.89. The van der Waals surface area contributed by atoms with Crippen LogP contribution >= 0.6 is 23.2 Å². The van der Waals surface area contributed by atoms with E-state index in [0.29, 0.717) is 49.0 Å². The normalized spacial score (nSPS) is 12.3. The molecule has 0 amide bonds. The van der Waals surface area contributed by atoms with E-state index in [2.05, 4.69) is 9.97 Å². The van der Waals surface area contributed by atoms with Gasteiger partial charge >= 0.3 is 6.18 Å². The number of nitrogens with one attached hydrogen (secondary N) is 2. The van der Waals surface area contributed by atoms with Gasteiger partial charge in [0, 0.05) is 40.1 Å². The number of hydrogen-bond donors (Lipinski definition) is 2. The SMILES string of the molecule is Fc1ccc(C(c2c[nH]c3cccc(Cl)c23)c2c[nH]c3cccc(Cl)c23)c(C(F)(F)F)c1. The number of fused-ring (bicyclic) bond motifs is 2. The number of benzene rings is 3. The summed E-state index contributed by atoms with van der Waals surface area (Å²) in [5.41, 5.74) is 1.27. The number of rotatable bonds is 3. The van der Waals surface area contributed by atoms with Crippen molar-refractivity contribution >= 4 is 45.0 Å². The van der Waals surface area contributed by atoms with E-state index in [1.54, 1.807) is 48.8 Å². The highest BCUT2D eigenvalue weighted by Gasteiger charge is 2.38. The van der Waals surface area contributed by atoms with Crippen LogP contribution in [-0.4, -0.2) is 9.97 Å². The minimum atomic E-state index is -4.76. The van der Waals surface area contributed by atoms with E-state index in [1.165, 1.54) is 6.07 Å². The quantitative estimate of drug-likeness (QED) is 0.245. The van der Waals surface area contributed by atoms with E-state index in [0.717, 1.165) is 6.07 Å². The molecule has 0 fully saturated rings. The lowest BCUT2D eigenvalue weighted by molar-refractivity contribution is -0.138. The molecule has 5 aromatic rings. The van der Waals surface area contributed by atoms with E-state index in [4.69, 9.17) is 23.2 Å². The highest BCUT2D eigenvalue weighted by Crippen LogP contribution is 2.46. The maximum absolute atomic E-state index is 14.0. The molecule has 0 aliphatic heterocycles. The number of hydrogen-bond acceptors (Lipinski definition) is 0. The molecule has 3 aromatic carbocycles. The van der Waals surface area contributed by atoms with E-state index in [-0.39, 0.29) is 5.56 Å². The number of alkyl halides is 3. The van der Waals surface area contributed by atoms with Gasteiger partial charge in [-0.2, -0.15) is 13.2 Å². The molecule has 5 rings (SSSR count). The number of aromatic amines is 2. The van der Waals surface area contributed by atoms with Crippen molar-refractivity contribution in [1.29, 1.82) is 0 Å². The van der Waals surface area contributed by atoms with Gasteiger partial charge in [-0.1, -0.05) is 41.4 Å². The van der Waals surface area contributed by atoms with Gasteiger partial charge < -0.3 is 9.97 Å². The molecule has 2 N–H and O–H groups in total. The van der Waals surface area contributed by atoms with Crippen LogP contribution in [0.2, 0.25) is 10.0 Å². The van der Waals surface area contributed by atoms with Gasteiger partial charge in [0.15, 0.2) is 0 Å². The highest BCUT2D eigenvalue weighted by atomic mass is 35.5. The molecule has 2 nitrogen and oxygen atoms in total. The first-order valence-corrected chi connectivity index (χ1v) is 10.4. The fourth-order valence-electron chi connectivity index (χ4n) is 4.31. The summed E-state index contributed by atoms with van der Waals surface area (Å²) >= 11 is 12.9. The van der Waals surface area contributed by atoms with Crippen LogP contribution in [0.5, 0.6) is 0 Å². The van der Waals surface area contributed by atoms with Crippen LogP contribution in [0.25, 0.3) is 21.8 Å². The van der Waals surface area contributed by atoms with Crippen molar-refractivity contribution in [3.8, 4) is 0 Å². The molecule has 0 radical (unpaired) electrons. The van der Waals surface area contributed by atoms with Gasteiger partial charge in [-0.3, -0.25) is 0 Å². The summed E-state index contributed by atoms with van der Waals surface area (Å²) < 4.78 is 56.0. The standard InChI is InChI=1S/C24H14Cl2F4N2/c25-17-3-1-5-19-22(17)14(10-31-19)21(13-8-7-12(27)9-16(13)24(28,29)30)15-11-32-20-6-2-4-18(26)23(15)20/h1-11,21,31-32H. The second-order valence-corrected chi connectivity index (χ2v) is 8.29. The molecule has 0 spiro atoms. The minimum absolute atomic E-state index is 0.0967. The van der Waals surface area contributed by atoms with Crippen LogP contribution in [0.4, 0.5) is 17.6 Å². The van der Waals surface area contributed by atoms with Crippen LogP contribution < -0.4 is 0 Å². The average Bonchev–Trinajstić information content (AvgIpc) is 3.35. The summed E-state index contributed by atoms with van der Waals surface area (Å²) in [4.78, 5) is 6.18. The Hall–Kier alpha value is -2.96. The summed E-state index contributed by atoms with van der Waals surface area (Å²) in [6.07, 6.45) is -1.48. The molecule has 0 saturated carbocycles. The van der Waals surface area contributed by atoms with Crippen molar-refractivity contribution in [1.82, 2.24) is 9.97 Å². The van der Waals surface area contributed by atoms with Crippen LogP contribution in [0.15, 0.2) is 67.0 Å². The lowest BCUT2D eigenvalue weighted by Crippen LogP contribution is -2.14. The Bertz CT molecular complexity index is 1390. The van der Waals surface area contributed by atoms with E-state index >= 15 is 0 Å². The molecule has 2 aromatic heterocycles. The number of halogens is 6. The third-order valence-electron chi connectivity index (χ3n) is 5.62. The van der Waals surface area contributed by atoms with Gasteiger partial charge in [-0.05, 0) is 53.1 Å². The zero-order valence-corrected chi connectivity index (χ0v) is 17.7. The second-order valence-electron chi connectivity index (χ2n) is 7.48. The van der Waals surface area contributed by atoms with Crippen LogP contribution in [0.1, 0.15) is 28.2 Å². The lowest BCUT2D eigenvalue weighted by atomic mass is 9.82. The Balaban J connectivity index is 1.90. The zero-order chi connectivity index (χ0) is 22.6. The molecule has 0 saturated heterocycles. The fraction of sp³-hybridized carbons (Fsp3) is 0.0833. The number of aromatic nitrogens is 2. The molecule has 0 aliphatic carbocycles. The van der Waals surface area contributed by atoms with Crippen molar-refractivity contribution in [3.63, 3.8) is 0 Å². The Labute approximate surface area is 189 Å². The smallest absolute Gasteiger partial charge is 0.361 e. The van der Waals surface area contributed by atoms with Crippen molar-refractivity contribution in [2.45, 2.75) is 12.1 Å². The first-order chi connectivity index (χ1) is 15.3. The Kier molecular flexibility index (Phi) is 4.95. The Morgan fingerprint density at radius 2 is 1.25 bits per heavy atom. The van der Waals surface area contributed by atoms with E-state index in [1.807, 2.05) is 0 Å². The van der Waals surface area contributed by atoms with Crippen molar-refractivity contribution < 1.29 is 17.6 Å². The third-order valence-corrected chi connectivity index (χ3v) is 6.25. The molecule has 0 atom stereocenters. The first kappa shape index (κ1) is 20.9. The summed E-state index contributed by atoms with van der Waals surface area (Å²) in [7, 11) is 0. The van der Waals surface area contributed by atoms with Crippen LogP contribution in [0, 0.1) is 5.82 Å². The molecule has 0 aliphatic rings.